The molecule has 0 saturated carbocycles. The fourth-order valence-corrected chi connectivity index (χ4v) is 1.94. The number of halogens is 3. The highest BCUT2D eigenvalue weighted by molar-refractivity contribution is 9.10. The molecule has 0 fully saturated rings. The fraction of sp³-hybridized carbons (Fsp3) is 0.0714. The Morgan fingerprint density at radius 2 is 1.79 bits per heavy atom. The maximum Gasteiger partial charge on any atom is 0.255 e. The van der Waals surface area contributed by atoms with Gasteiger partial charge in [0.25, 0.3) is 5.91 Å². The zero-order valence-electron chi connectivity index (χ0n) is 10.0. The highest BCUT2D eigenvalue weighted by atomic mass is 79.9. The molecule has 19 heavy (non-hydrogen) atoms. The number of hydrogen-bond acceptors (Lipinski definition) is 1. The molecule has 0 aliphatic heterocycles. The molecule has 2 aromatic carbocycles. The lowest BCUT2D eigenvalue weighted by atomic mass is 10.1. The summed E-state index contributed by atoms with van der Waals surface area (Å²) in [4.78, 5) is 11.9. The Balaban J connectivity index is 2.20. The highest BCUT2D eigenvalue weighted by Gasteiger charge is 2.09. The first kappa shape index (κ1) is 13.7. The third kappa shape index (κ3) is 3.17. The molecule has 0 atom stereocenters. The Hall–Kier alpha value is -1.75. The van der Waals surface area contributed by atoms with Crippen molar-refractivity contribution in [2.45, 2.75) is 6.92 Å². The van der Waals surface area contributed by atoms with Crippen molar-refractivity contribution in [3.05, 3.63) is 63.6 Å². The predicted octanol–water partition coefficient (Wildman–Crippen LogP) is 4.29. The van der Waals surface area contributed by atoms with Gasteiger partial charge in [0.05, 0.1) is 4.47 Å². The second-order valence-corrected chi connectivity index (χ2v) is 4.90. The Kier molecular flexibility index (Phi) is 3.95. The third-order valence-electron chi connectivity index (χ3n) is 2.60. The number of amides is 1. The van der Waals surface area contributed by atoms with Crippen LogP contribution in [0, 0.1) is 18.6 Å². The SMILES string of the molecule is Cc1cc(C(=O)Nc2ccc(F)c(Br)c2)ccc1F. The van der Waals surface area contributed by atoms with Gasteiger partial charge in [-0.2, -0.15) is 0 Å². The quantitative estimate of drug-likeness (QED) is 0.876. The molecule has 1 N–H and O–H groups in total. The normalized spacial score (nSPS) is 10.3. The van der Waals surface area contributed by atoms with Gasteiger partial charge in [-0.25, -0.2) is 8.78 Å². The number of aryl methyl sites for hydroxylation is 1. The Morgan fingerprint density at radius 1 is 1.11 bits per heavy atom. The van der Waals surface area contributed by atoms with Crippen LogP contribution in [-0.2, 0) is 0 Å². The summed E-state index contributed by atoms with van der Waals surface area (Å²) >= 11 is 3.04. The summed E-state index contributed by atoms with van der Waals surface area (Å²) in [5, 5.41) is 2.61. The fourth-order valence-electron chi connectivity index (χ4n) is 1.56. The summed E-state index contributed by atoms with van der Waals surface area (Å²) in [6.45, 7) is 1.58. The van der Waals surface area contributed by atoms with E-state index in [1.165, 1.54) is 36.4 Å². The monoisotopic (exact) mass is 325 g/mol. The number of benzene rings is 2. The van der Waals surface area contributed by atoms with Gasteiger partial charge in [0.2, 0.25) is 0 Å². The van der Waals surface area contributed by atoms with E-state index in [0.717, 1.165) is 0 Å². The van der Waals surface area contributed by atoms with Crippen LogP contribution >= 0.6 is 15.9 Å². The van der Waals surface area contributed by atoms with Crippen LogP contribution in [0.2, 0.25) is 0 Å². The van der Waals surface area contributed by atoms with Crippen molar-refractivity contribution < 1.29 is 13.6 Å². The maximum atomic E-state index is 13.1. The Morgan fingerprint density at radius 3 is 2.42 bits per heavy atom. The molecule has 0 unspecified atom stereocenters. The number of carbonyl (C=O) groups excluding carboxylic acids is 1. The zero-order chi connectivity index (χ0) is 14.0. The molecule has 0 aliphatic carbocycles. The van der Waals surface area contributed by atoms with Crippen molar-refractivity contribution in [3.8, 4) is 0 Å². The van der Waals surface area contributed by atoms with Crippen LogP contribution in [0.1, 0.15) is 15.9 Å². The minimum absolute atomic E-state index is 0.264. The van der Waals surface area contributed by atoms with E-state index in [9.17, 15) is 13.6 Å². The summed E-state index contributed by atoms with van der Waals surface area (Å²) in [5.74, 6) is -1.14. The van der Waals surface area contributed by atoms with Crippen LogP contribution in [0.5, 0.6) is 0 Å². The van der Waals surface area contributed by atoms with Crippen LogP contribution in [-0.4, -0.2) is 5.91 Å². The number of carbonyl (C=O) groups is 1. The molecule has 0 radical (unpaired) electrons. The summed E-state index contributed by atoms with van der Waals surface area (Å²) in [5.41, 5.74) is 1.20. The molecule has 0 bridgehead atoms. The molecule has 2 nitrogen and oxygen atoms in total. The van der Waals surface area contributed by atoms with Gasteiger partial charge in [-0.05, 0) is 64.8 Å². The molecular formula is C14H10BrF2NO. The van der Waals surface area contributed by atoms with Gasteiger partial charge in [0.1, 0.15) is 11.6 Å². The van der Waals surface area contributed by atoms with E-state index in [1.54, 1.807) is 6.92 Å². The largest absolute Gasteiger partial charge is 0.322 e. The van der Waals surface area contributed by atoms with Gasteiger partial charge >= 0.3 is 0 Å². The van der Waals surface area contributed by atoms with Crippen LogP contribution in [0.3, 0.4) is 0 Å². The molecule has 0 aromatic heterocycles. The van der Waals surface area contributed by atoms with E-state index >= 15 is 0 Å². The maximum absolute atomic E-state index is 13.1. The molecule has 1 amide bonds. The minimum Gasteiger partial charge on any atom is -0.322 e. The number of rotatable bonds is 2. The Bertz CT molecular complexity index is 643. The van der Waals surface area contributed by atoms with E-state index in [-0.39, 0.29) is 16.2 Å². The number of nitrogens with one attached hydrogen (secondary N) is 1. The average molecular weight is 326 g/mol. The van der Waals surface area contributed by atoms with E-state index in [2.05, 4.69) is 21.2 Å². The summed E-state index contributed by atoms with van der Waals surface area (Å²) in [6, 6.07) is 8.26. The van der Waals surface area contributed by atoms with Gasteiger partial charge in [0, 0.05) is 11.3 Å². The molecule has 98 valence electrons. The summed E-state index contributed by atoms with van der Waals surface area (Å²) < 4.78 is 26.4. The van der Waals surface area contributed by atoms with Crippen molar-refractivity contribution in [1.29, 1.82) is 0 Å². The van der Waals surface area contributed by atoms with Gasteiger partial charge in [-0.15, -0.1) is 0 Å². The molecule has 2 aromatic rings. The number of hydrogen-bond donors (Lipinski definition) is 1. The lowest BCUT2D eigenvalue weighted by Crippen LogP contribution is -2.12. The summed E-state index contributed by atoms with van der Waals surface area (Å²) in [6.07, 6.45) is 0. The Labute approximate surface area is 117 Å². The predicted molar refractivity (Wildman–Crippen MR) is 73.2 cm³/mol. The minimum atomic E-state index is -0.407. The van der Waals surface area contributed by atoms with Crippen LogP contribution in [0.4, 0.5) is 14.5 Å². The van der Waals surface area contributed by atoms with Crippen molar-refractivity contribution in [2.24, 2.45) is 0 Å². The standard InChI is InChI=1S/C14H10BrF2NO/c1-8-6-9(2-4-12(8)16)14(19)18-10-3-5-13(17)11(15)7-10/h2-7H,1H3,(H,18,19). The molecule has 0 spiro atoms. The van der Waals surface area contributed by atoms with E-state index in [0.29, 0.717) is 16.8 Å². The van der Waals surface area contributed by atoms with Crippen molar-refractivity contribution in [1.82, 2.24) is 0 Å². The topological polar surface area (TPSA) is 29.1 Å². The molecule has 0 saturated heterocycles. The first-order valence-corrected chi connectivity index (χ1v) is 6.29. The second kappa shape index (κ2) is 5.48. The van der Waals surface area contributed by atoms with E-state index in [1.807, 2.05) is 0 Å². The summed E-state index contributed by atoms with van der Waals surface area (Å²) in [7, 11) is 0. The van der Waals surface area contributed by atoms with Crippen LogP contribution in [0.15, 0.2) is 40.9 Å². The highest BCUT2D eigenvalue weighted by Crippen LogP contribution is 2.20. The van der Waals surface area contributed by atoms with Gasteiger partial charge < -0.3 is 5.32 Å². The first-order chi connectivity index (χ1) is 8.97. The molecule has 0 aliphatic rings. The molecule has 5 heteroatoms. The van der Waals surface area contributed by atoms with Crippen molar-refractivity contribution >= 4 is 27.5 Å². The van der Waals surface area contributed by atoms with Crippen molar-refractivity contribution in [2.75, 3.05) is 5.32 Å². The lowest BCUT2D eigenvalue weighted by molar-refractivity contribution is 0.102. The van der Waals surface area contributed by atoms with E-state index in [4.69, 9.17) is 0 Å². The van der Waals surface area contributed by atoms with Crippen LogP contribution in [0.25, 0.3) is 0 Å². The first-order valence-electron chi connectivity index (χ1n) is 5.50. The smallest absolute Gasteiger partial charge is 0.255 e. The average Bonchev–Trinajstić information content (AvgIpc) is 2.37. The van der Waals surface area contributed by atoms with Gasteiger partial charge in [0.15, 0.2) is 0 Å². The second-order valence-electron chi connectivity index (χ2n) is 4.05. The molecular weight excluding hydrogens is 316 g/mol. The van der Waals surface area contributed by atoms with E-state index < -0.39 is 5.82 Å². The van der Waals surface area contributed by atoms with Crippen LogP contribution < -0.4 is 5.32 Å². The molecule has 0 heterocycles. The molecule has 2 rings (SSSR count). The lowest BCUT2D eigenvalue weighted by Gasteiger charge is -2.07. The zero-order valence-corrected chi connectivity index (χ0v) is 11.6. The number of anilines is 1. The van der Waals surface area contributed by atoms with Crippen molar-refractivity contribution in [3.63, 3.8) is 0 Å². The van der Waals surface area contributed by atoms with Gasteiger partial charge in [-0.3, -0.25) is 4.79 Å². The third-order valence-corrected chi connectivity index (χ3v) is 3.21. The van der Waals surface area contributed by atoms with Gasteiger partial charge in [-0.1, -0.05) is 0 Å².